The van der Waals surface area contributed by atoms with Crippen molar-refractivity contribution in [2.24, 2.45) is 7.05 Å². The van der Waals surface area contributed by atoms with Crippen molar-refractivity contribution in [1.29, 1.82) is 0 Å². The number of aryl methyl sites for hydroxylation is 1. The number of fused-ring (bicyclic) bond motifs is 1. The molecule has 2 aromatic carbocycles. The van der Waals surface area contributed by atoms with Gasteiger partial charge < -0.3 is 4.57 Å². The summed E-state index contributed by atoms with van der Waals surface area (Å²) in [7, 11) is 1.71. The molecule has 0 unspecified atom stereocenters. The van der Waals surface area contributed by atoms with Crippen LogP contribution in [-0.2, 0) is 7.05 Å². The number of hydrogen-bond donors (Lipinski definition) is 0. The molecule has 0 saturated carbocycles. The summed E-state index contributed by atoms with van der Waals surface area (Å²) in [5.74, 6) is 0. The predicted molar refractivity (Wildman–Crippen MR) is 72.4 cm³/mol. The summed E-state index contributed by atoms with van der Waals surface area (Å²) in [6.07, 6.45) is 1.56. The first kappa shape index (κ1) is 10.7. The fraction of sp³-hybridized carbons (Fsp3) is 0.0667. The smallest absolute Gasteiger partial charge is 0.260 e. The van der Waals surface area contributed by atoms with Gasteiger partial charge in [-0.1, -0.05) is 36.4 Å². The van der Waals surface area contributed by atoms with Crippen molar-refractivity contribution in [3.63, 3.8) is 0 Å². The van der Waals surface area contributed by atoms with E-state index in [4.69, 9.17) is 0 Å². The zero-order valence-electron chi connectivity index (χ0n) is 10.00. The Morgan fingerprint density at radius 2 is 1.78 bits per heavy atom. The molecular weight excluding hydrogens is 224 g/mol. The molecule has 0 radical (unpaired) electrons. The second-order valence-electron chi connectivity index (χ2n) is 4.26. The van der Waals surface area contributed by atoms with Gasteiger partial charge in [0.05, 0.1) is 17.2 Å². The van der Waals surface area contributed by atoms with Gasteiger partial charge in [0.25, 0.3) is 5.56 Å². The van der Waals surface area contributed by atoms with Crippen molar-refractivity contribution in [2.75, 3.05) is 0 Å². The largest absolute Gasteiger partial charge is 0.302 e. The Morgan fingerprint density at radius 3 is 2.56 bits per heavy atom. The van der Waals surface area contributed by atoms with Crippen LogP contribution in [0.4, 0.5) is 0 Å². The third kappa shape index (κ3) is 1.70. The average molecular weight is 236 g/mol. The van der Waals surface area contributed by atoms with E-state index < -0.39 is 0 Å². The zero-order valence-corrected chi connectivity index (χ0v) is 10.00. The van der Waals surface area contributed by atoms with Crippen LogP contribution in [0.2, 0.25) is 0 Å². The number of benzene rings is 2. The van der Waals surface area contributed by atoms with Gasteiger partial charge >= 0.3 is 0 Å². The first-order valence-electron chi connectivity index (χ1n) is 5.76. The van der Waals surface area contributed by atoms with Gasteiger partial charge in [-0.15, -0.1) is 0 Å². The lowest BCUT2D eigenvalue weighted by molar-refractivity contribution is 0.843. The SMILES string of the molecule is Cn1cnc2cc(-c3ccccc3)ccc2c1=O. The summed E-state index contributed by atoms with van der Waals surface area (Å²) >= 11 is 0. The molecule has 1 aromatic heterocycles. The fourth-order valence-corrected chi connectivity index (χ4v) is 2.02. The Bertz CT molecular complexity index is 760. The van der Waals surface area contributed by atoms with Crippen LogP contribution in [-0.4, -0.2) is 9.55 Å². The second kappa shape index (κ2) is 4.11. The molecule has 0 bridgehead atoms. The van der Waals surface area contributed by atoms with Crippen molar-refractivity contribution < 1.29 is 0 Å². The van der Waals surface area contributed by atoms with Crippen LogP contribution < -0.4 is 5.56 Å². The molecule has 88 valence electrons. The monoisotopic (exact) mass is 236 g/mol. The lowest BCUT2D eigenvalue weighted by Crippen LogP contribution is -2.16. The minimum absolute atomic E-state index is 0.0142. The number of hydrogen-bond acceptors (Lipinski definition) is 2. The molecule has 0 aliphatic heterocycles. The van der Waals surface area contributed by atoms with Gasteiger partial charge in [0.15, 0.2) is 0 Å². The third-order valence-corrected chi connectivity index (χ3v) is 3.03. The first-order chi connectivity index (χ1) is 8.75. The Labute approximate surface area is 104 Å². The summed E-state index contributed by atoms with van der Waals surface area (Å²) < 4.78 is 1.49. The van der Waals surface area contributed by atoms with E-state index in [2.05, 4.69) is 4.98 Å². The quantitative estimate of drug-likeness (QED) is 0.651. The van der Waals surface area contributed by atoms with E-state index in [-0.39, 0.29) is 5.56 Å². The molecule has 0 aliphatic carbocycles. The predicted octanol–water partition coefficient (Wildman–Crippen LogP) is 2.60. The van der Waals surface area contributed by atoms with Gasteiger partial charge in [-0.2, -0.15) is 0 Å². The Kier molecular flexibility index (Phi) is 2.45. The zero-order chi connectivity index (χ0) is 12.5. The summed E-state index contributed by atoms with van der Waals surface area (Å²) in [6, 6.07) is 15.8. The maximum atomic E-state index is 11.9. The van der Waals surface area contributed by atoms with E-state index in [9.17, 15) is 4.79 Å². The van der Waals surface area contributed by atoms with Crippen LogP contribution in [0.5, 0.6) is 0 Å². The molecule has 0 amide bonds. The normalized spacial score (nSPS) is 10.7. The second-order valence-corrected chi connectivity index (χ2v) is 4.26. The highest BCUT2D eigenvalue weighted by Gasteiger charge is 2.03. The third-order valence-electron chi connectivity index (χ3n) is 3.03. The molecule has 0 fully saturated rings. The summed E-state index contributed by atoms with van der Waals surface area (Å²) in [4.78, 5) is 16.2. The molecule has 0 spiro atoms. The van der Waals surface area contributed by atoms with E-state index in [1.165, 1.54) is 4.57 Å². The molecule has 18 heavy (non-hydrogen) atoms. The number of aromatic nitrogens is 2. The molecule has 3 nitrogen and oxygen atoms in total. The van der Waals surface area contributed by atoms with Gasteiger partial charge in [-0.05, 0) is 23.3 Å². The van der Waals surface area contributed by atoms with Crippen LogP contribution in [0.15, 0.2) is 59.7 Å². The Hall–Kier alpha value is -2.42. The van der Waals surface area contributed by atoms with Crippen molar-refractivity contribution in [2.45, 2.75) is 0 Å². The molecule has 3 rings (SSSR count). The van der Waals surface area contributed by atoms with E-state index in [0.29, 0.717) is 5.39 Å². The Balaban J connectivity index is 2.25. The molecule has 1 heterocycles. The van der Waals surface area contributed by atoms with E-state index in [0.717, 1.165) is 16.6 Å². The highest BCUT2D eigenvalue weighted by Crippen LogP contribution is 2.21. The van der Waals surface area contributed by atoms with Crippen LogP contribution >= 0.6 is 0 Å². The molecule has 0 saturated heterocycles. The minimum Gasteiger partial charge on any atom is -0.302 e. The lowest BCUT2D eigenvalue weighted by Gasteiger charge is -2.04. The van der Waals surface area contributed by atoms with E-state index in [1.807, 2.05) is 48.5 Å². The van der Waals surface area contributed by atoms with Gasteiger partial charge in [-0.25, -0.2) is 4.98 Å². The van der Waals surface area contributed by atoms with Crippen molar-refractivity contribution in [3.8, 4) is 11.1 Å². The molecule has 0 aliphatic rings. The first-order valence-corrected chi connectivity index (χ1v) is 5.76. The summed E-state index contributed by atoms with van der Waals surface area (Å²) in [6.45, 7) is 0. The van der Waals surface area contributed by atoms with Gasteiger partial charge in [-0.3, -0.25) is 4.79 Å². The number of nitrogens with zero attached hydrogens (tertiary/aromatic N) is 2. The topological polar surface area (TPSA) is 34.9 Å². The maximum absolute atomic E-state index is 11.9. The fourth-order valence-electron chi connectivity index (χ4n) is 2.02. The molecule has 0 N–H and O–H groups in total. The number of rotatable bonds is 1. The molecule has 3 aromatic rings. The Morgan fingerprint density at radius 1 is 1.00 bits per heavy atom. The van der Waals surface area contributed by atoms with Gasteiger partial charge in [0.2, 0.25) is 0 Å². The molecule has 0 atom stereocenters. The van der Waals surface area contributed by atoms with Crippen LogP contribution in [0.1, 0.15) is 0 Å². The minimum atomic E-state index is -0.0142. The van der Waals surface area contributed by atoms with E-state index in [1.54, 1.807) is 13.4 Å². The van der Waals surface area contributed by atoms with Gasteiger partial charge in [0.1, 0.15) is 0 Å². The van der Waals surface area contributed by atoms with E-state index >= 15 is 0 Å². The highest BCUT2D eigenvalue weighted by molar-refractivity contribution is 5.83. The highest BCUT2D eigenvalue weighted by atomic mass is 16.1. The lowest BCUT2D eigenvalue weighted by atomic mass is 10.0. The van der Waals surface area contributed by atoms with Crippen molar-refractivity contribution in [3.05, 3.63) is 65.2 Å². The van der Waals surface area contributed by atoms with Crippen molar-refractivity contribution >= 4 is 10.9 Å². The maximum Gasteiger partial charge on any atom is 0.260 e. The van der Waals surface area contributed by atoms with Gasteiger partial charge in [0, 0.05) is 7.05 Å². The van der Waals surface area contributed by atoms with Crippen molar-refractivity contribution in [1.82, 2.24) is 9.55 Å². The van der Waals surface area contributed by atoms with Crippen LogP contribution in [0.25, 0.3) is 22.0 Å². The standard InChI is InChI=1S/C15H12N2O/c1-17-10-16-14-9-12(7-8-13(14)15(17)18)11-5-3-2-4-6-11/h2-10H,1H3. The average Bonchev–Trinajstić information content (AvgIpc) is 2.44. The molecule has 3 heteroatoms. The molecular formula is C15H12N2O. The van der Waals surface area contributed by atoms with Crippen LogP contribution in [0, 0.1) is 0 Å². The van der Waals surface area contributed by atoms with Crippen LogP contribution in [0.3, 0.4) is 0 Å². The summed E-state index contributed by atoms with van der Waals surface area (Å²) in [5.41, 5.74) is 2.92. The summed E-state index contributed by atoms with van der Waals surface area (Å²) in [5, 5.41) is 0.652.